The topological polar surface area (TPSA) is 54.4 Å². The first-order valence-corrected chi connectivity index (χ1v) is 17.7. The summed E-state index contributed by atoms with van der Waals surface area (Å²) in [4.78, 5) is 0. The SMILES string of the molecule is CCCCCCCCCCS(=O)(=O)O.CCCC[P](CCCC)(CCCC)CCCC. The van der Waals surface area contributed by atoms with Crippen molar-refractivity contribution < 1.29 is 13.0 Å². The van der Waals surface area contributed by atoms with Gasteiger partial charge in [-0.2, -0.15) is 8.42 Å². The van der Waals surface area contributed by atoms with Crippen LogP contribution in [0.15, 0.2) is 0 Å². The van der Waals surface area contributed by atoms with Crippen LogP contribution in [0.25, 0.3) is 0 Å². The summed E-state index contributed by atoms with van der Waals surface area (Å²) in [6.07, 6.45) is 26.8. The maximum atomic E-state index is 10.4. The third-order valence-electron chi connectivity index (χ3n) is 6.20. The molecule has 0 unspecified atom stereocenters. The van der Waals surface area contributed by atoms with Crippen LogP contribution in [0.3, 0.4) is 0 Å². The molecule has 0 aliphatic heterocycles. The van der Waals surface area contributed by atoms with Gasteiger partial charge in [0.15, 0.2) is 0 Å². The summed E-state index contributed by atoms with van der Waals surface area (Å²) in [6.45, 7) is 11.6. The van der Waals surface area contributed by atoms with Crippen molar-refractivity contribution in [2.24, 2.45) is 0 Å². The van der Waals surface area contributed by atoms with Crippen LogP contribution in [0.2, 0.25) is 0 Å². The van der Waals surface area contributed by atoms with Crippen molar-refractivity contribution in [2.75, 3.05) is 30.4 Å². The quantitative estimate of drug-likeness (QED) is 0.101. The van der Waals surface area contributed by atoms with E-state index in [4.69, 9.17) is 4.55 Å². The van der Waals surface area contributed by atoms with Crippen molar-refractivity contribution in [3.8, 4) is 0 Å². The summed E-state index contributed by atoms with van der Waals surface area (Å²) in [5.41, 5.74) is 0. The zero-order valence-corrected chi connectivity index (χ0v) is 23.7. The highest BCUT2D eigenvalue weighted by atomic mass is 32.2. The second-order valence-electron chi connectivity index (χ2n) is 9.41. The second kappa shape index (κ2) is 23.5. The van der Waals surface area contributed by atoms with Gasteiger partial charge in [-0.05, 0) is 56.8 Å². The molecule has 0 aliphatic carbocycles. The molecule has 0 bridgehead atoms. The van der Waals surface area contributed by atoms with Gasteiger partial charge in [-0.3, -0.25) is 4.55 Å². The molecule has 0 aromatic heterocycles. The molecule has 31 heavy (non-hydrogen) atoms. The first kappa shape index (κ1) is 33.5. The fourth-order valence-electron chi connectivity index (χ4n) is 4.06. The Labute approximate surface area is 198 Å². The van der Waals surface area contributed by atoms with Gasteiger partial charge in [-0.15, -0.1) is 7.26 Å². The maximum absolute atomic E-state index is 10.4. The predicted molar refractivity (Wildman–Crippen MR) is 145 cm³/mol. The van der Waals surface area contributed by atoms with Crippen LogP contribution in [0.1, 0.15) is 137 Å². The van der Waals surface area contributed by atoms with E-state index in [9.17, 15) is 8.42 Å². The standard InChI is InChI=1S/C16H36P.C10H22O3S/c1-5-9-13-17(14-10-6-2,15-11-7-3)16-12-8-4;1-2-3-4-5-6-7-8-9-10-14(11,12)13/h5-16H2,1-4H3;2-10H2,1H3,(H,11,12,13). The molecule has 0 heterocycles. The van der Waals surface area contributed by atoms with E-state index < -0.39 is 17.4 Å². The van der Waals surface area contributed by atoms with Gasteiger partial charge in [0.1, 0.15) is 0 Å². The molecule has 3 nitrogen and oxygen atoms in total. The number of unbranched alkanes of at least 4 members (excludes halogenated alkanes) is 11. The summed E-state index contributed by atoms with van der Waals surface area (Å²) >= 11 is 0. The lowest BCUT2D eigenvalue weighted by Gasteiger charge is -2.37. The maximum Gasteiger partial charge on any atom is 0.264 e. The van der Waals surface area contributed by atoms with Gasteiger partial charge >= 0.3 is 0 Å². The first-order chi connectivity index (χ1) is 14.8. The Morgan fingerprint density at radius 1 is 0.484 bits per heavy atom. The van der Waals surface area contributed by atoms with Gasteiger partial charge in [0.2, 0.25) is 0 Å². The Bertz CT molecular complexity index is 414. The minimum atomic E-state index is -3.73. The molecule has 0 atom stereocenters. The predicted octanol–water partition coefficient (Wildman–Crippen LogP) is 9.22. The monoisotopic (exact) mass is 481 g/mol. The highest BCUT2D eigenvalue weighted by Gasteiger charge is 2.24. The molecule has 0 aromatic carbocycles. The zero-order chi connectivity index (χ0) is 23.8. The third-order valence-corrected chi connectivity index (χ3v) is 12.1. The van der Waals surface area contributed by atoms with Gasteiger partial charge in [-0.1, -0.05) is 105 Å². The lowest BCUT2D eigenvalue weighted by Crippen LogP contribution is -2.12. The van der Waals surface area contributed by atoms with Crippen molar-refractivity contribution in [3.63, 3.8) is 0 Å². The van der Waals surface area contributed by atoms with Crippen molar-refractivity contribution in [2.45, 2.75) is 137 Å². The van der Waals surface area contributed by atoms with E-state index in [-0.39, 0.29) is 5.75 Å². The summed E-state index contributed by atoms with van der Waals surface area (Å²) in [5.74, 6) is -0.0814. The lowest BCUT2D eigenvalue weighted by atomic mass is 10.1. The molecule has 0 saturated heterocycles. The highest BCUT2D eigenvalue weighted by molar-refractivity contribution is 7.85. The molecule has 5 heteroatoms. The molecule has 0 amide bonds. The minimum Gasteiger partial charge on any atom is -0.286 e. The molecule has 1 radical (unpaired) electrons. The Morgan fingerprint density at radius 3 is 1.06 bits per heavy atom. The van der Waals surface area contributed by atoms with E-state index in [2.05, 4.69) is 34.6 Å². The largest absolute Gasteiger partial charge is 0.286 e. The first-order valence-electron chi connectivity index (χ1n) is 13.6. The molecular weight excluding hydrogens is 423 g/mol. The second-order valence-corrected chi connectivity index (χ2v) is 15.5. The smallest absolute Gasteiger partial charge is 0.264 e. The fraction of sp³-hybridized carbons (Fsp3) is 1.00. The van der Waals surface area contributed by atoms with E-state index in [1.54, 1.807) is 24.6 Å². The molecule has 1 N–H and O–H groups in total. The number of hydrogen-bond acceptors (Lipinski definition) is 2. The van der Waals surface area contributed by atoms with E-state index in [1.807, 2.05) is 0 Å². The van der Waals surface area contributed by atoms with Gasteiger partial charge < -0.3 is 0 Å². The van der Waals surface area contributed by atoms with Gasteiger partial charge in [0, 0.05) is 0 Å². The van der Waals surface area contributed by atoms with Gasteiger partial charge in [-0.25, -0.2) is 0 Å². The van der Waals surface area contributed by atoms with Crippen LogP contribution in [0, 0.1) is 0 Å². The van der Waals surface area contributed by atoms with Crippen molar-refractivity contribution in [1.82, 2.24) is 0 Å². The fourth-order valence-corrected chi connectivity index (χ4v) is 9.92. The van der Waals surface area contributed by atoms with E-state index in [1.165, 1.54) is 83.5 Å². The van der Waals surface area contributed by atoms with E-state index in [0.29, 0.717) is 6.42 Å². The Hall–Kier alpha value is 0.340. The van der Waals surface area contributed by atoms with Crippen molar-refractivity contribution in [3.05, 3.63) is 0 Å². The van der Waals surface area contributed by atoms with Crippen molar-refractivity contribution in [1.29, 1.82) is 0 Å². The Morgan fingerprint density at radius 2 is 0.774 bits per heavy atom. The number of hydrogen-bond donors (Lipinski definition) is 1. The van der Waals surface area contributed by atoms with Crippen LogP contribution < -0.4 is 0 Å². The average Bonchev–Trinajstić information content (AvgIpc) is 2.74. The summed E-state index contributed by atoms with van der Waals surface area (Å²) in [6, 6.07) is 0. The molecule has 0 fully saturated rings. The average molecular weight is 482 g/mol. The molecule has 0 rings (SSSR count). The summed E-state index contributed by atoms with van der Waals surface area (Å²) in [7, 11) is -4.29. The number of rotatable bonds is 21. The molecule has 191 valence electrons. The minimum absolute atomic E-state index is 0.0814. The third kappa shape index (κ3) is 24.8. The van der Waals surface area contributed by atoms with E-state index in [0.717, 1.165) is 12.8 Å². The van der Waals surface area contributed by atoms with E-state index >= 15 is 0 Å². The zero-order valence-electron chi connectivity index (χ0n) is 22.0. The normalized spacial score (nSPS) is 11.9. The van der Waals surface area contributed by atoms with Crippen LogP contribution in [0.5, 0.6) is 0 Å². The lowest BCUT2D eigenvalue weighted by molar-refractivity contribution is 0.478. The van der Waals surface area contributed by atoms with Crippen LogP contribution in [0.4, 0.5) is 0 Å². The molecule has 0 spiro atoms. The Kier molecular flexibility index (Phi) is 25.4. The van der Waals surface area contributed by atoms with Crippen LogP contribution in [-0.4, -0.2) is 43.4 Å². The summed E-state index contributed by atoms with van der Waals surface area (Å²) < 4.78 is 29.2. The molecule has 0 saturated carbocycles. The molecule has 0 aromatic rings. The molecule has 0 aliphatic rings. The Balaban J connectivity index is 0. The van der Waals surface area contributed by atoms with Crippen molar-refractivity contribution >= 4 is 17.4 Å². The van der Waals surface area contributed by atoms with Gasteiger partial charge in [0.05, 0.1) is 5.75 Å². The molecular formula is C26H58O3PS. The van der Waals surface area contributed by atoms with Crippen LogP contribution >= 0.6 is 7.26 Å². The van der Waals surface area contributed by atoms with Gasteiger partial charge in [0.25, 0.3) is 10.1 Å². The highest BCUT2D eigenvalue weighted by Crippen LogP contribution is 2.61. The summed E-state index contributed by atoms with van der Waals surface area (Å²) in [5, 5.41) is 0. The van der Waals surface area contributed by atoms with Crippen LogP contribution in [-0.2, 0) is 10.1 Å².